The van der Waals surface area contributed by atoms with E-state index in [-0.39, 0.29) is 0 Å². The van der Waals surface area contributed by atoms with Gasteiger partial charge in [-0.1, -0.05) is 72.8 Å². The van der Waals surface area contributed by atoms with Gasteiger partial charge in [-0.2, -0.15) is 10.5 Å². The van der Waals surface area contributed by atoms with Crippen molar-refractivity contribution in [1.29, 1.82) is 10.5 Å². The van der Waals surface area contributed by atoms with Gasteiger partial charge >= 0.3 is 0 Å². The van der Waals surface area contributed by atoms with Crippen molar-refractivity contribution >= 4 is 38.9 Å². The lowest BCUT2D eigenvalue weighted by Crippen LogP contribution is -2.08. The Morgan fingerprint density at radius 1 is 0.625 bits per heavy atom. The van der Waals surface area contributed by atoms with E-state index in [0.717, 1.165) is 79.6 Å². The molecule has 0 saturated heterocycles. The van der Waals surface area contributed by atoms with Crippen LogP contribution in [0.25, 0.3) is 72.8 Å². The van der Waals surface area contributed by atoms with Gasteiger partial charge in [0, 0.05) is 39.2 Å². The van der Waals surface area contributed by atoms with Crippen LogP contribution in [0.3, 0.4) is 0 Å². The molecular formula is C42H26N6. The number of hydrogen-bond acceptors (Lipinski definition) is 4. The first-order chi connectivity index (χ1) is 23.7. The average molecular weight is 615 g/mol. The van der Waals surface area contributed by atoms with Crippen molar-refractivity contribution in [2.45, 2.75) is 12.8 Å². The van der Waals surface area contributed by atoms with Crippen molar-refractivity contribution in [2.24, 2.45) is 0 Å². The summed E-state index contributed by atoms with van der Waals surface area (Å²) in [5.74, 6) is 1.52. The second-order valence-electron chi connectivity index (χ2n) is 12.0. The number of rotatable bonds is 4. The number of nitrogens with zero attached hydrogens (tertiary/aromatic N) is 6. The standard InChI is InChI=1S/C42H26N6/c43-25-27-19-20-39-36(22-27)34-15-6-7-17-37(34)47(39)40-23-29(31-12-3-4-13-32(31)30-11-2-1-10-28(30)26-44)24-41(46-40)48-38-18-8-5-14-33(38)35-16-9-21-45-42(35)48/h1-7,9-17,19-24H,8,18H2. The van der Waals surface area contributed by atoms with Crippen LogP contribution in [-0.4, -0.2) is 19.1 Å². The van der Waals surface area contributed by atoms with Crippen molar-refractivity contribution in [3.63, 3.8) is 0 Å². The van der Waals surface area contributed by atoms with E-state index in [9.17, 15) is 10.5 Å². The maximum Gasteiger partial charge on any atom is 0.146 e. The lowest BCUT2D eigenvalue weighted by molar-refractivity contribution is 0.860. The van der Waals surface area contributed by atoms with Crippen LogP contribution in [-0.2, 0) is 6.42 Å². The number of fused-ring (bicyclic) bond motifs is 6. The fourth-order valence-corrected chi connectivity index (χ4v) is 7.25. The molecule has 0 N–H and O–H groups in total. The molecule has 0 unspecified atom stereocenters. The van der Waals surface area contributed by atoms with E-state index < -0.39 is 0 Å². The lowest BCUT2D eigenvalue weighted by atomic mass is 9.92. The molecule has 0 spiro atoms. The number of allylic oxidation sites excluding steroid dienone is 1. The summed E-state index contributed by atoms with van der Waals surface area (Å²) in [5, 5.41) is 22.9. The molecule has 1 aliphatic rings. The van der Waals surface area contributed by atoms with E-state index in [1.165, 1.54) is 11.3 Å². The Kier molecular flexibility index (Phi) is 6.28. The maximum atomic E-state index is 10.0. The Morgan fingerprint density at radius 2 is 1.35 bits per heavy atom. The highest BCUT2D eigenvalue weighted by Gasteiger charge is 2.23. The number of para-hydroxylation sites is 1. The summed E-state index contributed by atoms with van der Waals surface area (Å²) >= 11 is 0. The summed E-state index contributed by atoms with van der Waals surface area (Å²) in [6, 6.07) is 43.2. The van der Waals surface area contributed by atoms with Crippen LogP contribution in [0.4, 0.5) is 0 Å². The summed E-state index contributed by atoms with van der Waals surface area (Å²) in [7, 11) is 0. The Morgan fingerprint density at radius 3 is 2.21 bits per heavy atom. The SMILES string of the molecule is N#Cc1ccc2c(c1)c1ccccc1n2-c1cc(-c2ccccc2-c2ccccc2C#N)cc(-n2c3c(c4cccnc42)C=CCC3)n1. The highest BCUT2D eigenvalue weighted by atomic mass is 15.2. The second-order valence-corrected chi connectivity index (χ2v) is 12.0. The summed E-state index contributed by atoms with van der Waals surface area (Å²) in [5.41, 5.74) is 10.3. The molecule has 0 amide bonds. The van der Waals surface area contributed by atoms with Crippen molar-refractivity contribution in [2.75, 3.05) is 0 Å². The molecule has 0 atom stereocenters. The van der Waals surface area contributed by atoms with Crippen molar-refractivity contribution in [1.82, 2.24) is 19.1 Å². The topological polar surface area (TPSA) is 83.2 Å². The second kappa shape index (κ2) is 10.9. The van der Waals surface area contributed by atoms with Crippen LogP contribution in [0, 0.1) is 22.7 Å². The number of benzene rings is 4. The van der Waals surface area contributed by atoms with Crippen LogP contribution in [0.1, 0.15) is 28.8 Å². The third-order valence-electron chi connectivity index (χ3n) is 9.34. The highest BCUT2D eigenvalue weighted by Crippen LogP contribution is 2.39. The van der Waals surface area contributed by atoms with E-state index in [1.807, 2.05) is 79.0 Å². The molecular weight excluding hydrogens is 589 g/mol. The van der Waals surface area contributed by atoms with Gasteiger partial charge in [0.1, 0.15) is 17.3 Å². The lowest BCUT2D eigenvalue weighted by Gasteiger charge is -2.18. The Labute approximate surface area is 276 Å². The van der Waals surface area contributed by atoms with E-state index in [0.29, 0.717) is 11.1 Å². The fourth-order valence-electron chi connectivity index (χ4n) is 7.25. The van der Waals surface area contributed by atoms with Gasteiger partial charge in [-0.3, -0.25) is 9.13 Å². The first-order valence-electron chi connectivity index (χ1n) is 15.9. The van der Waals surface area contributed by atoms with E-state index in [4.69, 9.17) is 9.97 Å². The van der Waals surface area contributed by atoms with Gasteiger partial charge in [0.15, 0.2) is 0 Å². The summed E-state index contributed by atoms with van der Waals surface area (Å²) in [6.45, 7) is 0. The van der Waals surface area contributed by atoms with Crippen LogP contribution in [0.5, 0.6) is 0 Å². The van der Waals surface area contributed by atoms with Crippen molar-refractivity contribution < 1.29 is 0 Å². The van der Waals surface area contributed by atoms with Crippen molar-refractivity contribution in [3.05, 3.63) is 150 Å². The Bertz CT molecular complexity index is 2710. The van der Waals surface area contributed by atoms with Gasteiger partial charge in [0.25, 0.3) is 0 Å². The molecule has 224 valence electrons. The monoisotopic (exact) mass is 614 g/mol. The maximum absolute atomic E-state index is 10.0. The van der Waals surface area contributed by atoms with Gasteiger partial charge in [-0.15, -0.1) is 0 Å². The zero-order chi connectivity index (χ0) is 32.2. The molecule has 0 saturated carbocycles. The third-order valence-corrected chi connectivity index (χ3v) is 9.34. The summed E-state index contributed by atoms with van der Waals surface area (Å²) in [6.07, 6.45) is 8.09. The molecule has 6 nitrogen and oxygen atoms in total. The molecule has 4 aromatic carbocycles. The van der Waals surface area contributed by atoms with Gasteiger partial charge < -0.3 is 0 Å². The predicted octanol–water partition coefficient (Wildman–Crippen LogP) is 9.55. The molecule has 4 aromatic heterocycles. The minimum Gasteiger partial charge on any atom is -0.294 e. The highest BCUT2D eigenvalue weighted by molar-refractivity contribution is 6.09. The molecule has 0 aliphatic heterocycles. The van der Waals surface area contributed by atoms with Crippen LogP contribution < -0.4 is 0 Å². The molecule has 0 radical (unpaired) electrons. The largest absolute Gasteiger partial charge is 0.294 e. The predicted molar refractivity (Wildman–Crippen MR) is 191 cm³/mol. The average Bonchev–Trinajstić information content (AvgIpc) is 3.67. The molecule has 0 bridgehead atoms. The Hall–Kier alpha value is -6.76. The van der Waals surface area contributed by atoms with Crippen LogP contribution >= 0.6 is 0 Å². The smallest absolute Gasteiger partial charge is 0.146 e. The molecule has 4 heterocycles. The molecule has 1 aliphatic carbocycles. The van der Waals surface area contributed by atoms with E-state index in [2.05, 4.69) is 75.9 Å². The fraction of sp³-hybridized carbons (Fsp3) is 0.0476. The zero-order valence-electron chi connectivity index (χ0n) is 25.8. The van der Waals surface area contributed by atoms with Gasteiger partial charge in [-0.25, -0.2) is 9.97 Å². The number of pyridine rings is 2. The Balaban J connectivity index is 1.40. The van der Waals surface area contributed by atoms with Crippen LogP contribution in [0.2, 0.25) is 0 Å². The van der Waals surface area contributed by atoms with Gasteiger partial charge in [0.2, 0.25) is 0 Å². The summed E-state index contributed by atoms with van der Waals surface area (Å²) in [4.78, 5) is 10.3. The normalized spacial score (nSPS) is 12.3. The van der Waals surface area contributed by atoms with E-state index >= 15 is 0 Å². The number of nitriles is 2. The number of aromatic nitrogens is 4. The summed E-state index contributed by atoms with van der Waals surface area (Å²) < 4.78 is 4.41. The van der Waals surface area contributed by atoms with Gasteiger partial charge in [0.05, 0.1) is 34.3 Å². The molecule has 8 aromatic rings. The van der Waals surface area contributed by atoms with Crippen molar-refractivity contribution in [3.8, 4) is 46.0 Å². The third kappa shape index (κ3) is 4.17. The van der Waals surface area contributed by atoms with Gasteiger partial charge in [-0.05, 0) is 84.1 Å². The molecule has 0 fully saturated rings. The first-order valence-corrected chi connectivity index (χ1v) is 15.9. The molecule has 6 heteroatoms. The number of hydrogen-bond donors (Lipinski definition) is 0. The minimum absolute atomic E-state index is 0.613. The van der Waals surface area contributed by atoms with E-state index in [1.54, 1.807) is 0 Å². The minimum atomic E-state index is 0.613. The molecule has 48 heavy (non-hydrogen) atoms. The first kappa shape index (κ1) is 27.5. The zero-order valence-corrected chi connectivity index (χ0v) is 25.8. The quantitative estimate of drug-likeness (QED) is 0.198. The molecule has 9 rings (SSSR count). The van der Waals surface area contributed by atoms with Crippen LogP contribution in [0.15, 0.2) is 128 Å².